The van der Waals surface area contributed by atoms with E-state index in [1.54, 1.807) is 6.42 Å². The zero-order chi connectivity index (χ0) is 19.6. The fourth-order valence-electron chi connectivity index (χ4n) is 9.30. The summed E-state index contributed by atoms with van der Waals surface area (Å²) in [5, 5.41) is 0.380. The molecule has 26 heavy (non-hydrogen) atoms. The number of ether oxygens (including phenoxy) is 1. The van der Waals surface area contributed by atoms with Gasteiger partial charge in [0.1, 0.15) is 0 Å². The Hall–Kier alpha value is 0.394. The molecule has 4 aliphatic carbocycles. The Morgan fingerprint density at radius 2 is 1.19 bits per heavy atom. The van der Waals surface area contributed by atoms with Crippen molar-refractivity contribution in [1.82, 2.24) is 0 Å². The van der Waals surface area contributed by atoms with Gasteiger partial charge in [-0.25, -0.2) is 0 Å². The van der Waals surface area contributed by atoms with Crippen LogP contribution in [0.25, 0.3) is 0 Å². The maximum atomic E-state index is 7.37. The Balaban J connectivity index is 1.96. The molecule has 150 valence electrons. The average molecular weight is 393 g/mol. The van der Waals surface area contributed by atoms with Crippen molar-refractivity contribution in [3.63, 3.8) is 0 Å². The molecule has 0 aromatic heterocycles. The van der Waals surface area contributed by atoms with Crippen molar-refractivity contribution in [2.75, 3.05) is 0 Å². The van der Waals surface area contributed by atoms with Crippen LogP contribution in [0.1, 0.15) is 66.7 Å². The van der Waals surface area contributed by atoms with E-state index in [2.05, 4.69) is 67.4 Å². The fourth-order valence-corrected chi connectivity index (χ4v) is 23.7. The van der Waals surface area contributed by atoms with Crippen LogP contribution < -0.4 is 0 Å². The second-order valence-corrected chi connectivity index (χ2v) is 24.8. The van der Waals surface area contributed by atoms with Crippen LogP contribution in [0.4, 0.5) is 0 Å². The first-order valence-corrected chi connectivity index (χ1v) is 17.8. The van der Waals surface area contributed by atoms with Gasteiger partial charge in [-0.2, -0.15) is 0 Å². The molecule has 0 radical (unpaired) electrons. The van der Waals surface area contributed by atoms with Crippen LogP contribution in [0.5, 0.6) is 0 Å². The minimum absolute atomic E-state index is 0.0748. The summed E-state index contributed by atoms with van der Waals surface area (Å²) in [6, 6.07) is 0. The summed E-state index contributed by atoms with van der Waals surface area (Å²) in [5.41, 5.74) is 0.534. The van der Waals surface area contributed by atoms with Gasteiger partial charge in [-0.1, -0.05) is 53.5 Å². The molecule has 1 unspecified atom stereocenters. The maximum Gasteiger partial charge on any atom is 0.0876 e. The van der Waals surface area contributed by atoms with E-state index in [1.165, 1.54) is 25.7 Å². The van der Waals surface area contributed by atoms with Gasteiger partial charge >= 0.3 is 0 Å². The lowest BCUT2D eigenvalue weighted by Gasteiger charge is -2.85. The molecule has 4 bridgehead atoms. The maximum absolute atomic E-state index is 7.37. The summed E-state index contributed by atoms with van der Waals surface area (Å²) in [5.74, 6) is 3.95. The van der Waals surface area contributed by atoms with Crippen molar-refractivity contribution in [2.45, 2.75) is 115 Å². The Kier molecular flexibility index (Phi) is 3.87. The number of hydrogen-bond donors (Lipinski definition) is 0. The van der Waals surface area contributed by atoms with E-state index in [9.17, 15) is 0 Å². The van der Waals surface area contributed by atoms with Crippen molar-refractivity contribution in [1.29, 1.82) is 0 Å². The van der Waals surface area contributed by atoms with Gasteiger partial charge in [-0.15, -0.1) is 0 Å². The standard InChI is InChI=1S/C23H44OSi2/c1-20(2,3)26(9,10)23(25(6,7)8)22(21(4,5)24-23)18-12-16-11-17(14-18)15-19(22)13-16/h16-19H,11-15H2,1-10H3. The Bertz CT molecular complexity index is 579. The zero-order valence-corrected chi connectivity index (χ0v) is 21.3. The van der Waals surface area contributed by atoms with Gasteiger partial charge in [0.05, 0.1) is 26.6 Å². The lowest BCUT2D eigenvalue weighted by molar-refractivity contribution is -0.376. The molecule has 5 fully saturated rings. The van der Waals surface area contributed by atoms with E-state index in [0.29, 0.717) is 10.5 Å². The summed E-state index contributed by atoms with van der Waals surface area (Å²) in [6.07, 6.45) is 7.60. The predicted molar refractivity (Wildman–Crippen MR) is 118 cm³/mol. The lowest BCUT2D eigenvalue weighted by Crippen LogP contribution is -2.94. The van der Waals surface area contributed by atoms with Gasteiger partial charge in [0.2, 0.25) is 0 Å². The molecule has 1 spiro atoms. The highest BCUT2D eigenvalue weighted by atomic mass is 28.4. The SMILES string of the molecule is CC1(C)OC([Si](C)(C)C)([Si](C)(C)C(C)(C)C)C12C1CC3CC(C1)CC2C3. The van der Waals surface area contributed by atoms with E-state index in [-0.39, 0.29) is 10.4 Å². The second kappa shape index (κ2) is 5.11. The van der Waals surface area contributed by atoms with Gasteiger partial charge in [0.25, 0.3) is 0 Å². The highest BCUT2D eigenvalue weighted by Gasteiger charge is 2.86. The molecule has 0 aromatic carbocycles. The van der Waals surface area contributed by atoms with Crippen LogP contribution in [-0.2, 0) is 4.74 Å². The van der Waals surface area contributed by atoms with Crippen LogP contribution in [-0.4, -0.2) is 26.6 Å². The summed E-state index contributed by atoms with van der Waals surface area (Å²) in [6.45, 7) is 25.9. The van der Waals surface area contributed by atoms with Crippen molar-refractivity contribution in [3.05, 3.63) is 0 Å². The molecule has 1 nitrogen and oxygen atoms in total. The molecular weight excluding hydrogens is 348 g/mol. The highest BCUT2D eigenvalue weighted by Crippen LogP contribution is 2.79. The summed E-state index contributed by atoms with van der Waals surface area (Å²) in [4.78, 5) is 0.220. The van der Waals surface area contributed by atoms with E-state index in [4.69, 9.17) is 4.74 Å². The van der Waals surface area contributed by atoms with E-state index in [0.717, 1.165) is 23.7 Å². The minimum Gasteiger partial charge on any atom is -0.374 e. The summed E-state index contributed by atoms with van der Waals surface area (Å²) >= 11 is 0. The molecular formula is C23H44OSi2. The molecule has 0 aromatic rings. The van der Waals surface area contributed by atoms with Crippen molar-refractivity contribution in [3.8, 4) is 0 Å². The van der Waals surface area contributed by atoms with E-state index >= 15 is 0 Å². The summed E-state index contributed by atoms with van der Waals surface area (Å²) in [7, 11) is -3.24. The molecule has 0 N–H and O–H groups in total. The summed E-state index contributed by atoms with van der Waals surface area (Å²) < 4.78 is 7.37. The first-order valence-electron chi connectivity index (χ1n) is 11.3. The lowest BCUT2D eigenvalue weighted by atomic mass is 9.40. The molecule has 5 rings (SSSR count). The first kappa shape index (κ1) is 19.7. The smallest absolute Gasteiger partial charge is 0.0876 e. The van der Waals surface area contributed by atoms with Crippen molar-refractivity contribution < 1.29 is 4.74 Å². The van der Waals surface area contributed by atoms with Gasteiger partial charge < -0.3 is 4.74 Å². The fraction of sp³-hybridized carbons (Fsp3) is 1.00. The Morgan fingerprint density at radius 1 is 0.769 bits per heavy atom. The molecule has 0 amide bonds. The molecule has 1 saturated heterocycles. The van der Waals surface area contributed by atoms with Gasteiger partial charge in [-0.05, 0) is 74.7 Å². The zero-order valence-electron chi connectivity index (χ0n) is 19.3. The molecule has 3 heteroatoms. The topological polar surface area (TPSA) is 9.23 Å². The van der Waals surface area contributed by atoms with Gasteiger partial charge in [-0.3, -0.25) is 0 Å². The van der Waals surface area contributed by atoms with Crippen LogP contribution in [0.3, 0.4) is 0 Å². The van der Waals surface area contributed by atoms with Crippen molar-refractivity contribution >= 4 is 16.1 Å². The largest absolute Gasteiger partial charge is 0.374 e. The van der Waals surface area contributed by atoms with E-state index in [1.807, 2.05) is 0 Å². The third kappa shape index (κ3) is 1.92. The molecule has 1 heterocycles. The van der Waals surface area contributed by atoms with Crippen LogP contribution in [0, 0.1) is 29.1 Å². The van der Waals surface area contributed by atoms with Gasteiger partial charge in [0, 0.05) is 5.41 Å². The average Bonchev–Trinajstić information content (AvgIpc) is 2.40. The number of rotatable bonds is 2. The van der Waals surface area contributed by atoms with Gasteiger partial charge in [0.15, 0.2) is 0 Å². The third-order valence-corrected chi connectivity index (χ3v) is 23.0. The third-order valence-electron chi connectivity index (χ3n) is 10.2. The van der Waals surface area contributed by atoms with Crippen molar-refractivity contribution in [2.24, 2.45) is 29.1 Å². The van der Waals surface area contributed by atoms with E-state index < -0.39 is 16.1 Å². The van der Waals surface area contributed by atoms with Crippen LogP contribution >= 0.6 is 0 Å². The first-order chi connectivity index (χ1) is 11.6. The minimum atomic E-state index is -1.69. The molecule has 5 aliphatic rings. The quantitative estimate of drug-likeness (QED) is 0.464. The van der Waals surface area contributed by atoms with Crippen LogP contribution in [0.15, 0.2) is 0 Å². The normalized spacial score (nSPS) is 47.3. The molecule has 1 atom stereocenters. The molecule has 4 saturated carbocycles. The number of hydrogen-bond acceptors (Lipinski definition) is 1. The Labute approximate surface area is 165 Å². The monoisotopic (exact) mass is 392 g/mol. The van der Waals surface area contributed by atoms with Crippen LogP contribution in [0.2, 0.25) is 37.8 Å². The predicted octanol–water partition coefficient (Wildman–Crippen LogP) is 6.90. The highest BCUT2D eigenvalue weighted by molar-refractivity contribution is 7.00. The molecule has 1 aliphatic heterocycles. The second-order valence-electron chi connectivity index (χ2n) is 13.6. The Morgan fingerprint density at radius 3 is 1.50 bits per heavy atom.